The van der Waals surface area contributed by atoms with Crippen LogP contribution in [0.25, 0.3) is 0 Å². The predicted molar refractivity (Wildman–Crippen MR) is 86.5 cm³/mol. The van der Waals surface area contributed by atoms with E-state index in [1.54, 1.807) is 0 Å². The van der Waals surface area contributed by atoms with Crippen molar-refractivity contribution in [1.82, 2.24) is 5.48 Å². The van der Waals surface area contributed by atoms with Crippen molar-refractivity contribution in [3.63, 3.8) is 0 Å². The van der Waals surface area contributed by atoms with Gasteiger partial charge in [-0.15, -0.1) is 0 Å². The molecule has 7 heteroatoms. The van der Waals surface area contributed by atoms with E-state index in [9.17, 15) is 0 Å². The molecule has 7 nitrogen and oxygen atoms in total. The summed E-state index contributed by atoms with van der Waals surface area (Å²) in [6.45, 7) is 7.92. The summed E-state index contributed by atoms with van der Waals surface area (Å²) in [6.07, 6.45) is 3.02. The first kappa shape index (κ1) is 17.9. The Morgan fingerprint density at radius 1 is 1.27 bits per heavy atom. The Balaban J connectivity index is 2.20. The molecule has 1 aromatic carbocycles. The van der Waals surface area contributed by atoms with Gasteiger partial charge in [-0.2, -0.15) is 5.48 Å². The molecule has 0 amide bonds. The number of nitrogens with zero attached hydrogens (tertiary/aromatic N) is 3. The Hall–Kier alpha value is -2.15. The monoisotopic (exact) mass is 307 g/mol. The van der Waals surface area contributed by atoms with E-state index in [1.165, 1.54) is 5.56 Å². The number of nitrogens with one attached hydrogen (secondary N) is 1. The van der Waals surface area contributed by atoms with Crippen LogP contribution in [0.3, 0.4) is 0 Å². The quantitative estimate of drug-likeness (QED) is 0.173. The summed E-state index contributed by atoms with van der Waals surface area (Å²) in [7, 11) is 0. The summed E-state index contributed by atoms with van der Waals surface area (Å²) in [5, 5.41) is 9.48. The lowest BCUT2D eigenvalue weighted by atomic mass is 9.82. The largest absolute Gasteiger partial charge is 0.494 e. The minimum absolute atomic E-state index is 0.199. The molecule has 122 valence electrons. The van der Waals surface area contributed by atoms with Gasteiger partial charge >= 0.3 is 0 Å². The fourth-order valence-electron chi connectivity index (χ4n) is 1.71. The predicted octanol–water partition coefficient (Wildman–Crippen LogP) is 2.93. The highest BCUT2D eigenvalue weighted by Gasteiger charge is 2.17. The minimum atomic E-state index is 0.199. The molecule has 0 saturated carbocycles. The zero-order valence-electron chi connectivity index (χ0n) is 13.5. The van der Waals surface area contributed by atoms with E-state index >= 15 is 0 Å². The van der Waals surface area contributed by atoms with E-state index in [4.69, 9.17) is 15.4 Å². The third-order valence-electron chi connectivity index (χ3n) is 3.50. The van der Waals surface area contributed by atoms with Crippen molar-refractivity contribution >= 4 is 6.40 Å². The van der Waals surface area contributed by atoms with Crippen molar-refractivity contribution in [2.24, 2.45) is 21.4 Å². The van der Waals surface area contributed by atoms with Gasteiger partial charge in [0.1, 0.15) is 5.75 Å². The SMILES string of the molecule is CCC(C)(C)c1ccc(OCCCNOC=NN=NN)cc1. The molecule has 0 saturated heterocycles. The van der Waals surface area contributed by atoms with Crippen molar-refractivity contribution in [1.29, 1.82) is 0 Å². The molecule has 0 fully saturated rings. The van der Waals surface area contributed by atoms with Crippen molar-refractivity contribution in [3.05, 3.63) is 29.8 Å². The smallest absolute Gasteiger partial charge is 0.223 e. The summed E-state index contributed by atoms with van der Waals surface area (Å²) in [5.41, 5.74) is 4.22. The summed E-state index contributed by atoms with van der Waals surface area (Å²) < 4.78 is 5.67. The first-order valence-electron chi connectivity index (χ1n) is 7.33. The Morgan fingerprint density at radius 3 is 2.64 bits per heavy atom. The third-order valence-corrected chi connectivity index (χ3v) is 3.50. The van der Waals surface area contributed by atoms with Gasteiger partial charge in [-0.05, 0) is 41.2 Å². The number of hydroxylamine groups is 1. The number of hydrogen-bond acceptors (Lipinski definition) is 5. The lowest BCUT2D eigenvalue weighted by Gasteiger charge is -2.23. The highest BCUT2D eigenvalue weighted by atomic mass is 16.6. The lowest BCUT2D eigenvalue weighted by Crippen LogP contribution is -2.17. The van der Waals surface area contributed by atoms with Gasteiger partial charge in [0.15, 0.2) is 0 Å². The Labute approximate surface area is 131 Å². The van der Waals surface area contributed by atoms with Crippen LogP contribution >= 0.6 is 0 Å². The lowest BCUT2D eigenvalue weighted by molar-refractivity contribution is 0.180. The Morgan fingerprint density at radius 2 is 2.00 bits per heavy atom. The molecule has 1 rings (SSSR count). The summed E-state index contributed by atoms with van der Waals surface area (Å²) in [6, 6.07) is 8.29. The van der Waals surface area contributed by atoms with Crippen molar-refractivity contribution in [2.75, 3.05) is 13.2 Å². The van der Waals surface area contributed by atoms with Gasteiger partial charge in [-0.1, -0.05) is 43.2 Å². The highest BCUT2D eigenvalue weighted by molar-refractivity contribution is 5.45. The molecule has 0 aromatic heterocycles. The van der Waals surface area contributed by atoms with Gasteiger partial charge in [0.25, 0.3) is 0 Å². The second kappa shape index (κ2) is 9.73. The van der Waals surface area contributed by atoms with Crippen LogP contribution in [0.2, 0.25) is 0 Å². The molecule has 0 unspecified atom stereocenters. The van der Waals surface area contributed by atoms with Crippen LogP contribution in [-0.2, 0) is 10.3 Å². The second-order valence-corrected chi connectivity index (χ2v) is 5.40. The molecular formula is C15H25N5O2. The molecule has 1 aromatic rings. The fourth-order valence-corrected chi connectivity index (χ4v) is 1.71. The van der Waals surface area contributed by atoms with Gasteiger partial charge in [-0.25, -0.2) is 0 Å². The van der Waals surface area contributed by atoms with Crippen LogP contribution in [-0.4, -0.2) is 19.6 Å². The van der Waals surface area contributed by atoms with E-state index in [1.807, 2.05) is 12.1 Å². The first-order chi connectivity index (χ1) is 10.6. The van der Waals surface area contributed by atoms with Crippen LogP contribution in [0.1, 0.15) is 39.2 Å². The maximum absolute atomic E-state index is 5.67. The summed E-state index contributed by atoms with van der Waals surface area (Å²) in [5.74, 6) is 5.63. The number of ether oxygens (including phenoxy) is 1. The molecule has 0 spiro atoms. The van der Waals surface area contributed by atoms with Crippen molar-refractivity contribution in [3.8, 4) is 5.75 Å². The maximum Gasteiger partial charge on any atom is 0.223 e. The maximum atomic E-state index is 5.67. The molecule has 0 aliphatic rings. The van der Waals surface area contributed by atoms with Gasteiger partial charge in [-0.3, -0.25) is 0 Å². The first-order valence-corrected chi connectivity index (χ1v) is 7.33. The molecule has 0 aliphatic carbocycles. The fraction of sp³-hybridized carbons (Fsp3) is 0.533. The normalized spacial score (nSPS) is 12.1. The van der Waals surface area contributed by atoms with Crippen LogP contribution in [0, 0.1) is 0 Å². The van der Waals surface area contributed by atoms with Gasteiger partial charge < -0.3 is 15.4 Å². The molecule has 0 atom stereocenters. The molecule has 0 heterocycles. The van der Waals surface area contributed by atoms with E-state index in [0.29, 0.717) is 13.2 Å². The average molecular weight is 307 g/mol. The number of rotatable bonds is 10. The third kappa shape index (κ3) is 6.53. The second-order valence-electron chi connectivity index (χ2n) is 5.40. The molecule has 0 bridgehead atoms. The minimum Gasteiger partial charge on any atom is -0.494 e. The summed E-state index contributed by atoms with van der Waals surface area (Å²) >= 11 is 0. The average Bonchev–Trinajstić information content (AvgIpc) is 2.54. The zero-order chi connectivity index (χ0) is 16.3. The van der Waals surface area contributed by atoms with Gasteiger partial charge in [0, 0.05) is 6.54 Å². The number of nitrogens with two attached hydrogens (primary N) is 1. The van der Waals surface area contributed by atoms with Crippen LogP contribution in [0.15, 0.2) is 39.8 Å². The van der Waals surface area contributed by atoms with E-state index in [2.05, 4.69) is 53.9 Å². The van der Waals surface area contributed by atoms with E-state index in [0.717, 1.165) is 25.0 Å². The van der Waals surface area contributed by atoms with Crippen LogP contribution < -0.4 is 16.1 Å². The van der Waals surface area contributed by atoms with Gasteiger partial charge in [0.05, 0.1) is 6.61 Å². The molecule has 0 aliphatic heterocycles. The van der Waals surface area contributed by atoms with Crippen molar-refractivity contribution in [2.45, 2.75) is 39.0 Å². The highest BCUT2D eigenvalue weighted by Crippen LogP contribution is 2.27. The van der Waals surface area contributed by atoms with Crippen LogP contribution in [0.4, 0.5) is 0 Å². The molecular weight excluding hydrogens is 282 g/mol. The van der Waals surface area contributed by atoms with Crippen molar-refractivity contribution < 1.29 is 9.57 Å². The molecule has 22 heavy (non-hydrogen) atoms. The number of benzene rings is 1. The van der Waals surface area contributed by atoms with E-state index < -0.39 is 0 Å². The summed E-state index contributed by atoms with van der Waals surface area (Å²) in [4.78, 5) is 4.85. The zero-order valence-corrected chi connectivity index (χ0v) is 13.5. The Bertz CT molecular complexity index is 471. The van der Waals surface area contributed by atoms with E-state index in [-0.39, 0.29) is 5.41 Å². The molecule has 0 radical (unpaired) electrons. The standard InChI is InChI=1S/C15H25N5O2/c1-4-15(2,3)13-6-8-14(9-7-13)21-11-5-10-18-22-12-17-20-19-16/h6-9,12,18H,4-5,10-11H2,1-3H3,(H2,16,20). The topological polar surface area (TPSA) is 93.6 Å². The Kier molecular flexibility index (Phi) is 7.91. The van der Waals surface area contributed by atoms with Gasteiger partial charge in [0.2, 0.25) is 6.40 Å². The number of hydrogen-bond donors (Lipinski definition) is 2. The molecule has 3 N–H and O–H groups in total. The van der Waals surface area contributed by atoms with Crippen LogP contribution in [0.5, 0.6) is 5.75 Å².